The summed E-state index contributed by atoms with van der Waals surface area (Å²) in [4.78, 5) is 14.9. The smallest absolute Gasteiger partial charge is 0.258 e. The van der Waals surface area contributed by atoms with Crippen LogP contribution in [0.1, 0.15) is 29.3 Å². The van der Waals surface area contributed by atoms with Crippen molar-refractivity contribution in [3.05, 3.63) is 59.7 Å². The zero-order chi connectivity index (χ0) is 17.6. The minimum absolute atomic E-state index is 0.0871. The van der Waals surface area contributed by atoms with Gasteiger partial charge < -0.3 is 4.90 Å². The van der Waals surface area contributed by atoms with E-state index in [9.17, 15) is 13.2 Å². The number of rotatable bonds is 2. The second kappa shape index (κ2) is 5.88. The van der Waals surface area contributed by atoms with Crippen LogP contribution in [-0.4, -0.2) is 32.7 Å². The van der Waals surface area contributed by atoms with Crippen LogP contribution in [0.4, 0.5) is 11.4 Å². The van der Waals surface area contributed by atoms with E-state index in [4.69, 9.17) is 0 Å². The van der Waals surface area contributed by atoms with Crippen molar-refractivity contribution in [1.82, 2.24) is 0 Å². The van der Waals surface area contributed by atoms with E-state index in [0.29, 0.717) is 24.2 Å². The molecule has 5 nitrogen and oxygen atoms in total. The summed E-state index contributed by atoms with van der Waals surface area (Å²) in [5.41, 5.74) is 3.20. The summed E-state index contributed by atoms with van der Waals surface area (Å²) < 4.78 is 25.7. The number of carbonyl (C=O) groups excluding carboxylic acids is 1. The fourth-order valence-electron chi connectivity index (χ4n) is 3.74. The van der Waals surface area contributed by atoms with Gasteiger partial charge in [0.25, 0.3) is 5.91 Å². The van der Waals surface area contributed by atoms with Crippen molar-refractivity contribution in [3.8, 4) is 0 Å². The molecule has 1 atom stereocenters. The number of amides is 1. The highest BCUT2D eigenvalue weighted by Crippen LogP contribution is 2.34. The molecule has 1 saturated heterocycles. The van der Waals surface area contributed by atoms with E-state index in [1.165, 1.54) is 9.87 Å². The Labute approximate surface area is 147 Å². The van der Waals surface area contributed by atoms with E-state index in [1.54, 1.807) is 24.3 Å². The quantitative estimate of drug-likeness (QED) is 0.831. The monoisotopic (exact) mass is 356 g/mol. The van der Waals surface area contributed by atoms with E-state index in [0.717, 1.165) is 12.1 Å². The number of fused-ring (bicyclic) bond motifs is 1. The van der Waals surface area contributed by atoms with Crippen LogP contribution in [-0.2, 0) is 16.4 Å². The Kier molecular flexibility index (Phi) is 3.80. The maximum atomic E-state index is 13.1. The molecule has 0 unspecified atom stereocenters. The third-order valence-corrected chi connectivity index (χ3v) is 6.78. The van der Waals surface area contributed by atoms with E-state index in [1.807, 2.05) is 36.1 Å². The molecule has 2 aromatic carbocycles. The molecule has 1 amide bonds. The van der Waals surface area contributed by atoms with E-state index < -0.39 is 10.0 Å². The number of carbonyl (C=O) groups is 1. The van der Waals surface area contributed by atoms with Crippen molar-refractivity contribution in [2.24, 2.45) is 0 Å². The zero-order valence-corrected chi connectivity index (χ0v) is 14.9. The molecule has 25 heavy (non-hydrogen) atoms. The SMILES string of the molecule is C[C@H]1Cc2ccccc2N1C(=O)c1cccc(N2CCCS2(=O)=O)c1. The molecule has 4 rings (SSSR count). The second-order valence-corrected chi connectivity index (χ2v) is 8.66. The van der Waals surface area contributed by atoms with Crippen molar-refractivity contribution in [2.75, 3.05) is 21.5 Å². The number of hydrogen-bond acceptors (Lipinski definition) is 3. The first-order valence-electron chi connectivity index (χ1n) is 8.49. The average molecular weight is 356 g/mol. The third-order valence-electron chi connectivity index (χ3n) is 4.91. The summed E-state index contributed by atoms with van der Waals surface area (Å²) in [5.74, 6) is 0.0812. The Bertz CT molecular complexity index is 939. The molecule has 0 N–H and O–H groups in total. The Balaban J connectivity index is 1.69. The Morgan fingerprint density at radius 2 is 1.92 bits per heavy atom. The van der Waals surface area contributed by atoms with Gasteiger partial charge in [-0.3, -0.25) is 9.10 Å². The molecule has 0 aromatic heterocycles. The Hall–Kier alpha value is -2.34. The summed E-state index contributed by atoms with van der Waals surface area (Å²) in [7, 11) is -3.25. The van der Waals surface area contributed by atoms with E-state index in [2.05, 4.69) is 0 Å². The topological polar surface area (TPSA) is 57.7 Å². The maximum Gasteiger partial charge on any atom is 0.258 e. The van der Waals surface area contributed by atoms with Crippen LogP contribution >= 0.6 is 0 Å². The van der Waals surface area contributed by atoms with Crippen LogP contribution in [0.3, 0.4) is 0 Å². The number of anilines is 2. The number of para-hydroxylation sites is 1. The normalized spacial score (nSPS) is 21.4. The van der Waals surface area contributed by atoms with Gasteiger partial charge in [-0.05, 0) is 49.6 Å². The van der Waals surface area contributed by atoms with Gasteiger partial charge in [-0.15, -0.1) is 0 Å². The summed E-state index contributed by atoms with van der Waals surface area (Å²) in [6, 6.07) is 15.0. The summed E-state index contributed by atoms with van der Waals surface area (Å²) in [6.07, 6.45) is 1.46. The molecular formula is C19H20N2O3S. The highest BCUT2D eigenvalue weighted by Gasteiger charge is 2.32. The lowest BCUT2D eigenvalue weighted by Gasteiger charge is -2.24. The Morgan fingerprint density at radius 3 is 2.68 bits per heavy atom. The average Bonchev–Trinajstić information content (AvgIpc) is 3.12. The highest BCUT2D eigenvalue weighted by atomic mass is 32.2. The predicted molar refractivity (Wildman–Crippen MR) is 98.6 cm³/mol. The van der Waals surface area contributed by atoms with Crippen LogP contribution in [0.2, 0.25) is 0 Å². The fourth-order valence-corrected chi connectivity index (χ4v) is 5.29. The molecule has 2 aromatic rings. The van der Waals surface area contributed by atoms with Gasteiger partial charge in [0.05, 0.1) is 11.4 Å². The molecule has 0 saturated carbocycles. The minimum Gasteiger partial charge on any atom is -0.305 e. The highest BCUT2D eigenvalue weighted by molar-refractivity contribution is 7.93. The lowest BCUT2D eigenvalue weighted by atomic mass is 10.1. The Morgan fingerprint density at radius 1 is 1.12 bits per heavy atom. The first-order chi connectivity index (χ1) is 12.0. The molecule has 0 spiro atoms. The van der Waals surface area contributed by atoms with Gasteiger partial charge in [-0.1, -0.05) is 24.3 Å². The van der Waals surface area contributed by atoms with Crippen molar-refractivity contribution < 1.29 is 13.2 Å². The molecule has 0 aliphatic carbocycles. The van der Waals surface area contributed by atoms with Gasteiger partial charge >= 0.3 is 0 Å². The molecule has 130 valence electrons. The molecule has 2 aliphatic rings. The standard InChI is InChI=1S/C19H20N2O3S/c1-14-12-15-6-2-3-9-18(15)21(14)19(22)16-7-4-8-17(13-16)20-10-5-11-25(20,23)24/h2-4,6-9,13-14H,5,10-12H2,1H3/t14-/m0/s1. The van der Waals surface area contributed by atoms with Gasteiger partial charge in [0.2, 0.25) is 10.0 Å². The summed E-state index contributed by atoms with van der Waals surface area (Å²) in [6.45, 7) is 2.51. The fraction of sp³-hybridized carbons (Fsp3) is 0.316. The van der Waals surface area contributed by atoms with Crippen molar-refractivity contribution in [1.29, 1.82) is 0 Å². The van der Waals surface area contributed by atoms with Crippen molar-refractivity contribution >= 4 is 27.3 Å². The van der Waals surface area contributed by atoms with Gasteiger partial charge in [0.15, 0.2) is 0 Å². The second-order valence-electron chi connectivity index (χ2n) is 6.65. The summed E-state index contributed by atoms with van der Waals surface area (Å²) in [5, 5.41) is 0. The molecule has 2 heterocycles. The lowest BCUT2D eigenvalue weighted by Crippen LogP contribution is -2.36. The van der Waals surface area contributed by atoms with Crippen LogP contribution < -0.4 is 9.21 Å². The number of benzene rings is 2. The summed E-state index contributed by atoms with van der Waals surface area (Å²) >= 11 is 0. The first-order valence-corrected chi connectivity index (χ1v) is 10.1. The third kappa shape index (κ3) is 2.70. The number of sulfonamides is 1. The van der Waals surface area contributed by atoms with Gasteiger partial charge in [-0.25, -0.2) is 8.42 Å². The van der Waals surface area contributed by atoms with Crippen molar-refractivity contribution in [2.45, 2.75) is 25.8 Å². The molecule has 0 radical (unpaired) electrons. The molecule has 1 fully saturated rings. The van der Waals surface area contributed by atoms with Crippen LogP contribution in [0, 0.1) is 0 Å². The zero-order valence-electron chi connectivity index (χ0n) is 14.1. The lowest BCUT2D eigenvalue weighted by molar-refractivity contribution is 0.0981. The van der Waals surface area contributed by atoms with E-state index in [-0.39, 0.29) is 17.7 Å². The molecule has 2 aliphatic heterocycles. The molecule has 6 heteroatoms. The van der Waals surface area contributed by atoms with Crippen LogP contribution in [0.15, 0.2) is 48.5 Å². The predicted octanol–water partition coefficient (Wildman–Crippen LogP) is 2.82. The molecule has 0 bridgehead atoms. The number of nitrogens with zero attached hydrogens (tertiary/aromatic N) is 2. The van der Waals surface area contributed by atoms with Gasteiger partial charge in [0, 0.05) is 23.8 Å². The van der Waals surface area contributed by atoms with Gasteiger partial charge in [-0.2, -0.15) is 0 Å². The van der Waals surface area contributed by atoms with Crippen LogP contribution in [0.25, 0.3) is 0 Å². The van der Waals surface area contributed by atoms with E-state index >= 15 is 0 Å². The maximum absolute atomic E-state index is 13.1. The number of hydrogen-bond donors (Lipinski definition) is 0. The largest absolute Gasteiger partial charge is 0.305 e. The van der Waals surface area contributed by atoms with Crippen molar-refractivity contribution in [3.63, 3.8) is 0 Å². The van der Waals surface area contributed by atoms with Crippen LogP contribution in [0.5, 0.6) is 0 Å². The molecular weight excluding hydrogens is 336 g/mol. The first kappa shape index (κ1) is 16.1. The van der Waals surface area contributed by atoms with Gasteiger partial charge in [0.1, 0.15) is 0 Å². The minimum atomic E-state index is -3.25.